The molecule has 0 atom stereocenters. The Morgan fingerprint density at radius 2 is 1.75 bits per heavy atom. The molecule has 0 heterocycles. The van der Waals surface area contributed by atoms with Crippen molar-refractivity contribution in [2.24, 2.45) is 0 Å². The van der Waals surface area contributed by atoms with E-state index in [9.17, 15) is 0 Å². The number of thiol groups is 1. The Bertz CT molecular complexity index is 293. The van der Waals surface area contributed by atoms with Crippen molar-refractivity contribution in [3.05, 3.63) is 35.9 Å². The summed E-state index contributed by atoms with van der Waals surface area (Å²) in [4.78, 5) is 2.51. The van der Waals surface area contributed by atoms with Gasteiger partial charge in [-0.25, -0.2) is 0 Å². The molecule has 0 amide bonds. The van der Waals surface area contributed by atoms with Gasteiger partial charge in [-0.05, 0) is 18.4 Å². The van der Waals surface area contributed by atoms with Crippen molar-refractivity contribution in [3.8, 4) is 0 Å². The van der Waals surface area contributed by atoms with Crippen LogP contribution in [0.1, 0.15) is 37.7 Å². The highest BCUT2D eigenvalue weighted by molar-refractivity contribution is 7.80. The van der Waals surface area contributed by atoms with E-state index in [1.165, 1.54) is 37.7 Å². The molecule has 2 rings (SSSR count). The molecule has 0 radical (unpaired) electrons. The summed E-state index contributed by atoms with van der Waals surface area (Å²) in [6, 6.07) is 11.5. The minimum atomic E-state index is 0.756. The Balaban J connectivity index is 1.94. The third-order valence-corrected chi connectivity index (χ3v) is 3.86. The van der Waals surface area contributed by atoms with Gasteiger partial charge >= 0.3 is 0 Å². The van der Waals surface area contributed by atoms with Crippen LogP contribution in [0.2, 0.25) is 0 Å². The van der Waals surface area contributed by atoms with Crippen LogP contribution in [0.5, 0.6) is 0 Å². The Labute approximate surface area is 104 Å². The maximum Gasteiger partial charge on any atom is 0.0420 e. The van der Waals surface area contributed by atoms with Gasteiger partial charge in [-0.3, -0.25) is 4.90 Å². The average Bonchev–Trinajstić information content (AvgIpc) is 2.38. The summed E-state index contributed by atoms with van der Waals surface area (Å²) in [7, 11) is 0. The summed E-state index contributed by atoms with van der Waals surface area (Å²) in [6.07, 6.45) is 6.91. The van der Waals surface area contributed by atoms with Crippen molar-refractivity contribution >= 4 is 12.6 Å². The molecule has 0 unspecified atom stereocenters. The summed E-state index contributed by atoms with van der Waals surface area (Å²) >= 11 is 4.48. The Hall–Kier alpha value is -0.470. The second-order valence-corrected chi connectivity index (χ2v) is 4.95. The number of benzene rings is 1. The topological polar surface area (TPSA) is 3.24 Å². The lowest BCUT2D eigenvalue weighted by Crippen LogP contribution is -2.35. The molecule has 16 heavy (non-hydrogen) atoms. The fourth-order valence-electron chi connectivity index (χ4n) is 2.56. The number of hydrogen-bond donors (Lipinski definition) is 1. The van der Waals surface area contributed by atoms with E-state index in [1.54, 1.807) is 0 Å². The molecule has 0 N–H and O–H groups in total. The molecule has 1 nitrogen and oxygen atoms in total. The van der Waals surface area contributed by atoms with Crippen LogP contribution in [0.4, 0.5) is 0 Å². The lowest BCUT2D eigenvalue weighted by atomic mass is 9.94. The predicted octanol–water partition coefficient (Wildman–Crippen LogP) is 3.71. The molecule has 1 fully saturated rings. The van der Waals surface area contributed by atoms with E-state index in [4.69, 9.17) is 0 Å². The maximum absolute atomic E-state index is 4.48. The van der Waals surface area contributed by atoms with Crippen molar-refractivity contribution in [2.45, 2.75) is 44.7 Å². The molecule has 0 aromatic heterocycles. The molecular formula is C14H21NS. The van der Waals surface area contributed by atoms with E-state index in [0.717, 1.165) is 18.5 Å². The lowest BCUT2D eigenvalue weighted by molar-refractivity contribution is 0.176. The van der Waals surface area contributed by atoms with Crippen LogP contribution in [0, 0.1) is 0 Å². The van der Waals surface area contributed by atoms with Crippen molar-refractivity contribution in [1.82, 2.24) is 4.90 Å². The fraction of sp³-hybridized carbons (Fsp3) is 0.571. The zero-order chi connectivity index (χ0) is 11.2. The van der Waals surface area contributed by atoms with Crippen LogP contribution in [-0.4, -0.2) is 16.8 Å². The van der Waals surface area contributed by atoms with Crippen LogP contribution in [0.15, 0.2) is 30.3 Å². The minimum Gasteiger partial charge on any atom is -0.287 e. The highest BCUT2D eigenvalue weighted by Crippen LogP contribution is 2.24. The van der Waals surface area contributed by atoms with E-state index in [0.29, 0.717) is 0 Å². The summed E-state index contributed by atoms with van der Waals surface area (Å²) in [5.74, 6) is 0.875. The Kier molecular flexibility index (Phi) is 4.73. The normalized spacial score (nSPS) is 17.9. The van der Waals surface area contributed by atoms with Crippen LogP contribution >= 0.6 is 12.6 Å². The quantitative estimate of drug-likeness (QED) is 0.615. The van der Waals surface area contributed by atoms with Crippen LogP contribution in [0.3, 0.4) is 0 Å². The van der Waals surface area contributed by atoms with E-state index < -0.39 is 0 Å². The summed E-state index contributed by atoms with van der Waals surface area (Å²) in [5.41, 5.74) is 1.40. The molecule has 1 aromatic carbocycles. The molecule has 0 spiro atoms. The molecule has 88 valence electrons. The van der Waals surface area contributed by atoms with Gasteiger partial charge < -0.3 is 0 Å². The monoisotopic (exact) mass is 235 g/mol. The molecular weight excluding hydrogens is 214 g/mol. The van der Waals surface area contributed by atoms with E-state index in [1.807, 2.05) is 0 Å². The number of rotatable bonds is 4. The van der Waals surface area contributed by atoms with E-state index in [-0.39, 0.29) is 0 Å². The van der Waals surface area contributed by atoms with Gasteiger partial charge in [-0.1, -0.05) is 49.6 Å². The van der Waals surface area contributed by atoms with Crippen molar-refractivity contribution < 1.29 is 0 Å². The van der Waals surface area contributed by atoms with Crippen LogP contribution in [0.25, 0.3) is 0 Å². The smallest absolute Gasteiger partial charge is 0.0420 e. The predicted molar refractivity (Wildman–Crippen MR) is 72.7 cm³/mol. The number of nitrogens with zero attached hydrogens (tertiary/aromatic N) is 1. The summed E-state index contributed by atoms with van der Waals surface area (Å²) in [5, 5.41) is 0. The minimum absolute atomic E-state index is 0.756. The van der Waals surface area contributed by atoms with Crippen LogP contribution < -0.4 is 0 Å². The van der Waals surface area contributed by atoms with Gasteiger partial charge in [0.1, 0.15) is 0 Å². The van der Waals surface area contributed by atoms with Gasteiger partial charge in [0.2, 0.25) is 0 Å². The molecule has 0 aliphatic heterocycles. The number of hydrogen-bond acceptors (Lipinski definition) is 2. The third-order valence-electron chi connectivity index (χ3n) is 3.50. The zero-order valence-corrected chi connectivity index (χ0v) is 10.7. The Morgan fingerprint density at radius 1 is 1.06 bits per heavy atom. The first kappa shape index (κ1) is 12.0. The van der Waals surface area contributed by atoms with Gasteiger partial charge in [-0.2, -0.15) is 12.6 Å². The van der Waals surface area contributed by atoms with Crippen LogP contribution in [-0.2, 0) is 6.54 Å². The maximum atomic E-state index is 4.48. The lowest BCUT2D eigenvalue weighted by Gasteiger charge is -2.33. The SMILES string of the molecule is SCN(Cc1ccccc1)C1CCCCC1. The molecule has 1 aliphatic rings. The van der Waals surface area contributed by atoms with Gasteiger partial charge in [0, 0.05) is 18.5 Å². The highest BCUT2D eigenvalue weighted by atomic mass is 32.1. The second-order valence-electron chi connectivity index (χ2n) is 4.67. The zero-order valence-electron chi connectivity index (χ0n) is 9.81. The van der Waals surface area contributed by atoms with Gasteiger partial charge in [0.05, 0.1) is 0 Å². The fourth-order valence-corrected chi connectivity index (χ4v) is 2.89. The van der Waals surface area contributed by atoms with E-state index >= 15 is 0 Å². The molecule has 1 aromatic rings. The summed E-state index contributed by atoms with van der Waals surface area (Å²) < 4.78 is 0. The third kappa shape index (κ3) is 3.26. The van der Waals surface area contributed by atoms with Gasteiger partial charge in [-0.15, -0.1) is 0 Å². The Morgan fingerprint density at radius 3 is 2.38 bits per heavy atom. The second kappa shape index (κ2) is 6.31. The van der Waals surface area contributed by atoms with Crippen molar-refractivity contribution in [2.75, 3.05) is 5.88 Å². The molecule has 1 saturated carbocycles. The molecule has 0 bridgehead atoms. The van der Waals surface area contributed by atoms with Gasteiger partial charge in [0.25, 0.3) is 0 Å². The van der Waals surface area contributed by atoms with Gasteiger partial charge in [0.15, 0.2) is 0 Å². The van der Waals surface area contributed by atoms with Crippen molar-refractivity contribution in [1.29, 1.82) is 0 Å². The first-order chi connectivity index (χ1) is 7.90. The molecule has 1 aliphatic carbocycles. The first-order valence-electron chi connectivity index (χ1n) is 6.29. The largest absolute Gasteiger partial charge is 0.287 e. The average molecular weight is 235 g/mol. The standard InChI is InChI=1S/C14H21NS/c16-12-15(14-9-5-2-6-10-14)11-13-7-3-1-4-8-13/h1,3-4,7-8,14,16H,2,5-6,9-12H2. The molecule has 0 saturated heterocycles. The highest BCUT2D eigenvalue weighted by Gasteiger charge is 2.19. The van der Waals surface area contributed by atoms with Crippen molar-refractivity contribution in [3.63, 3.8) is 0 Å². The first-order valence-corrected chi connectivity index (χ1v) is 6.92. The van der Waals surface area contributed by atoms with E-state index in [2.05, 4.69) is 47.9 Å². The molecule has 2 heteroatoms. The summed E-state index contributed by atoms with van der Waals surface area (Å²) in [6.45, 7) is 1.05.